The highest BCUT2D eigenvalue weighted by Gasteiger charge is 2.12. The molecule has 1 rings (SSSR count). The van der Waals surface area contributed by atoms with Crippen molar-refractivity contribution in [3.8, 4) is 6.07 Å². The van der Waals surface area contributed by atoms with Crippen LogP contribution in [0.15, 0.2) is 22.7 Å². The molecule has 0 saturated carbocycles. The smallest absolute Gasteiger partial charge is 0.292 e. The number of halogens is 1. The van der Waals surface area contributed by atoms with E-state index in [2.05, 4.69) is 21.2 Å². The average Bonchev–Trinajstić information content (AvgIpc) is 2.18. The quantitative estimate of drug-likeness (QED) is 0.518. The van der Waals surface area contributed by atoms with Gasteiger partial charge in [-0.15, -0.1) is 0 Å². The van der Waals surface area contributed by atoms with Crippen molar-refractivity contribution in [2.75, 3.05) is 11.9 Å². The fraction of sp³-hybridized carbons (Fsp3) is 0.222. The molecule has 0 heterocycles. The van der Waals surface area contributed by atoms with Gasteiger partial charge >= 0.3 is 0 Å². The normalized spacial score (nSPS) is 9.33. The molecule has 1 aromatic carbocycles. The second kappa shape index (κ2) is 5.32. The highest BCUT2D eigenvalue weighted by atomic mass is 79.9. The van der Waals surface area contributed by atoms with E-state index < -0.39 is 4.92 Å². The monoisotopic (exact) mass is 269 g/mol. The van der Waals surface area contributed by atoms with Gasteiger partial charge in [0.1, 0.15) is 5.69 Å². The maximum atomic E-state index is 10.7. The number of benzene rings is 1. The second-order valence-electron chi connectivity index (χ2n) is 2.75. The molecule has 0 aliphatic rings. The summed E-state index contributed by atoms with van der Waals surface area (Å²) in [5.74, 6) is 0. The summed E-state index contributed by atoms with van der Waals surface area (Å²) in [5.41, 5.74) is 0.431. The Kier molecular flexibility index (Phi) is 4.06. The maximum Gasteiger partial charge on any atom is 0.292 e. The summed E-state index contributed by atoms with van der Waals surface area (Å²) < 4.78 is 0.757. The van der Waals surface area contributed by atoms with Crippen LogP contribution in [0.3, 0.4) is 0 Å². The van der Waals surface area contributed by atoms with Crippen LogP contribution >= 0.6 is 15.9 Å². The molecule has 15 heavy (non-hydrogen) atoms. The summed E-state index contributed by atoms with van der Waals surface area (Å²) in [6.07, 6.45) is 0.309. The van der Waals surface area contributed by atoms with E-state index in [4.69, 9.17) is 5.26 Å². The van der Waals surface area contributed by atoms with Crippen LogP contribution in [-0.2, 0) is 0 Å². The van der Waals surface area contributed by atoms with Crippen molar-refractivity contribution in [3.05, 3.63) is 32.8 Å². The molecule has 1 N–H and O–H groups in total. The third-order valence-corrected chi connectivity index (χ3v) is 2.20. The summed E-state index contributed by atoms with van der Waals surface area (Å²) >= 11 is 3.23. The second-order valence-corrected chi connectivity index (χ2v) is 3.67. The highest BCUT2D eigenvalue weighted by Crippen LogP contribution is 2.27. The van der Waals surface area contributed by atoms with Gasteiger partial charge in [0, 0.05) is 17.1 Å². The van der Waals surface area contributed by atoms with Crippen molar-refractivity contribution >= 4 is 27.3 Å². The van der Waals surface area contributed by atoms with Gasteiger partial charge in [-0.2, -0.15) is 5.26 Å². The van der Waals surface area contributed by atoms with Crippen LogP contribution < -0.4 is 5.32 Å². The molecular weight excluding hydrogens is 262 g/mol. The van der Waals surface area contributed by atoms with E-state index in [0.29, 0.717) is 18.7 Å². The molecule has 0 fully saturated rings. The van der Waals surface area contributed by atoms with Crippen LogP contribution in [0.5, 0.6) is 0 Å². The summed E-state index contributed by atoms with van der Waals surface area (Å²) in [7, 11) is 0. The Hall–Kier alpha value is -1.61. The van der Waals surface area contributed by atoms with Gasteiger partial charge < -0.3 is 5.32 Å². The topological polar surface area (TPSA) is 79.0 Å². The third kappa shape index (κ3) is 3.22. The number of hydrogen-bond acceptors (Lipinski definition) is 4. The first-order chi connectivity index (χ1) is 7.15. The molecule has 5 nitrogen and oxygen atoms in total. The number of nitriles is 1. The number of nitro groups is 1. The van der Waals surface area contributed by atoms with Crippen molar-refractivity contribution in [2.45, 2.75) is 6.42 Å². The standard InChI is InChI=1S/C9H8BrN3O2/c10-7-2-3-9(13(14)15)8(6-7)12-5-1-4-11/h2-3,6,12H,1,5H2. The molecule has 1 aromatic rings. The Bertz CT molecular complexity index is 414. The zero-order valence-electron chi connectivity index (χ0n) is 7.74. The van der Waals surface area contributed by atoms with Crippen LogP contribution in [0.25, 0.3) is 0 Å². The van der Waals surface area contributed by atoms with E-state index in [0.717, 1.165) is 4.47 Å². The Morgan fingerprint density at radius 2 is 2.33 bits per heavy atom. The summed E-state index contributed by atoms with van der Waals surface area (Å²) in [6, 6.07) is 6.60. The third-order valence-electron chi connectivity index (χ3n) is 1.71. The number of rotatable bonds is 4. The van der Waals surface area contributed by atoms with Crippen molar-refractivity contribution in [2.24, 2.45) is 0 Å². The van der Waals surface area contributed by atoms with Crippen molar-refractivity contribution < 1.29 is 4.92 Å². The SMILES string of the molecule is N#CCCNc1cc(Br)ccc1[N+](=O)[O-]. The zero-order chi connectivity index (χ0) is 11.3. The predicted molar refractivity (Wildman–Crippen MR) is 59.5 cm³/mol. The number of nitrogens with one attached hydrogen (secondary N) is 1. The molecule has 78 valence electrons. The van der Waals surface area contributed by atoms with Crippen LogP contribution in [0.1, 0.15) is 6.42 Å². The summed E-state index contributed by atoms with van der Waals surface area (Å²) in [6.45, 7) is 0.397. The van der Waals surface area contributed by atoms with E-state index >= 15 is 0 Å². The Labute approximate surface area is 95.0 Å². The lowest BCUT2D eigenvalue weighted by Gasteiger charge is -2.05. The maximum absolute atomic E-state index is 10.7. The van der Waals surface area contributed by atoms with E-state index in [9.17, 15) is 10.1 Å². The van der Waals surface area contributed by atoms with E-state index in [1.165, 1.54) is 6.07 Å². The van der Waals surface area contributed by atoms with Gasteiger partial charge in [-0.3, -0.25) is 10.1 Å². The first kappa shape index (κ1) is 11.5. The lowest BCUT2D eigenvalue weighted by molar-refractivity contribution is -0.384. The molecule has 0 unspecified atom stereocenters. The van der Waals surface area contributed by atoms with Crippen LogP contribution in [0.4, 0.5) is 11.4 Å². The first-order valence-electron chi connectivity index (χ1n) is 4.20. The van der Waals surface area contributed by atoms with Gasteiger partial charge in [0.05, 0.1) is 17.4 Å². The lowest BCUT2D eigenvalue weighted by atomic mass is 10.2. The summed E-state index contributed by atoms with van der Waals surface area (Å²) in [4.78, 5) is 10.2. The number of nitrogens with zero attached hydrogens (tertiary/aromatic N) is 2. The van der Waals surface area contributed by atoms with Gasteiger partial charge in [0.25, 0.3) is 5.69 Å². The Morgan fingerprint density at radius 3 is 2.93 bits per heavy atom. The fourth-order valence-electron chi connectivity index (χ4n) is 1.06. The highest BCUT2D eigenvalue weighted by molar-refractivity contribution is 9.10. The Balaban J connectivity index is 2.88. The van der Waals surface area contributed by atoms with Crippen molar-refractivity contribution in [3.63, 3.8) is 0 Å². The van der Waals surface area contributed by atoms with Crippen LogP contribution in [0, 0.1) is 21.4 Å². The number of hydrogen-bond donors (Lipinski definition) is 1. The minimum Gasteiger partial charge on any atom is -0.378 e. The summed E-state index contributed by atoms with van der Waals surface area (Å²) in [5, 5.41) is 21.8. The minimum absolute atomic E-state index is 0.0103. The first-order valence-corrected chi connectivity index (χ1v) is 4.99. The molecule has 0 spiro atoms. The van der Waals surface area contributed by atoms with E-state index in [1.807, 2.05) is 6.07 Å². The minimum atomic E-state index is -0.457. The lowest BCUT2D eigenvalue weighted by Crippen LogP contribution is -2.03. The molecule has 0 atom stereocenters. The fourth-order valence-corrected chi connectivity index (χ4v) is 1.42. The van der Waals surface area contributed by atoms with E-state index in [1.54, 1.807) is 12.1 Å². The van der Waals surface area contributed by atoms with Gasteiger partial charge in [-0.25, -0.2) is 0 Å². The zero-order valence-corrected chi connectivity index (χ0v) is 9.32. The average molecular weight is 270 g/mol. The molecule has 0 aromatic heterocycles. The van der Waals surface area contributed by atoms with Gasteiger partial charge in [-0.05, 0) is 12.1 Å². The van der Waals surface area contributed by atoms with Crippen LogP contribution in [0.2, 0.25) is 0 Å². The largest absolute Gasteiger partial charge is 0.378 e. The molecule has 0 aliphatic heterocycles. The molecule has 6 heteroatoms. The molecule has 0 radical (unpaired) electrons. The molecule has 0 aliphatic carbocycles. The van der Waals surface area contributed by atoms with Gasteiger partial charge in [0.15, 0.2) is 0 Å². The molecular formula is C9H8BrN3O2. The van der Waals surface area contributed by atoms with Crippen molar-refractivity contribution in [1.29, 1.82) is 5.26 Å². The molecule has 0 bridgehead atoms. The van der Waals surface area contributed by atoms with Crippen LogP contribution in [-0.4, -0.2) is 11.5 Å². The predicted octanol–water partition coefficient (Wildman–Crippen LogP) is 2.68. The van der Waals surface area contributed by atoms with E-state index in [-0.39, 0.29) is 5.69 Å². The van der Waals surface area contributed by atoms with Gasteiger partial charge in [0.2, 0.25) is 0 Å². The molecule has 0 saturated heterocycles. The van der Waals surface area contributed by atoms with Crippen molar-refractivity contribution in [1.82, 2.24) is 0 Å². The Morgan fingerprint density at radius 1 is 1.60 bits per heavy atom. The number of nitro benzene ring substituents is 1. The number of anilines is 1. The molecule has 0 amide bonds. The van der Waals surface area contributed by atoms with Gasteiger partial charge in [-0.1, -0.05) is 15.9 Å².